The summed E-state index contributed by atoms with van der Waals surface area (Å²) in [6, 6.07) is 13.9. The van der Waals surface area contributed by atoms with Gasteiger partial charge in [-0.15, -0.1) is 0 Å². The zero-order chi connectivity index (χ0) is 17.3. The van der Waals surface area contributed by atoms with Gasteiger partial charge in [0.25, 0.3) is 5.91 Å². The van der Waals surface area contributed by atoms with Gasteiger partial charge in [0, 0.05) is 11.3 Å². The van der Waals surface area contributed by atoms with Gasteiger partial charge in [-0.1, -0.05) is 18.2 Å². The number of nitrogens with one attached hydrogen (secondary N) is 1. The molecule has 2 bridgehead atoms. The van der Waals surface area contributed by atoms with Crippen LogP contribution >= 0.6 is 0 Å². The molecule has 6 nitrogen and oxygen atoms in total. The van der Waals surface area contributed by atoms with Crippen molar-refractivity contribution in [3.05, 3.63) is 70.1 Å². The number of ketones is 1. The molecule has 4 rings (SSSR count). The maximum Gasteiger partial charge on any atom is 0.351 e. The summed E-state index contributed by atoms with van der Waals surface area (Å²) in [4.78, 5) is 33.2. The highest BCUT2D eigenvalue weighted by atomic mass is 16.4. The number of para-hydroxylation sites is 1. The molecular formula is C18H13NO5. The fraction of sp³-hybridized carbons (Fsp3) is 0.0556. The molecule has 1 aromatic heterocycles. The number of carbonyl (C=O) groups excluding carboxylic acids is 2. The average Bonchev–Trinajstić information content (AvgIpc) is 2.79. The van der Waals surface area contributed by atoms with E-state index in [1.807, 2.05) is 18.2 Å². The lowest BCUT2D eigenvalue weighted by Crippen LogP contribution is -2.11. The molecule has 0 atom stereocenters. The van der Waals surface area contributed by atoms with E-state index < -0.39 is 11.4 Å². The maximum absolute atomic E-state index is 11.3. The summed E-state index contributed by atoms with van der Waals surface area (Å²) >= 11 is 0. The number of hydrogen-bond acceptors (Lipinski definition) is 5. The third kappa shape index (κ3) is 2.77. The monoisotopic (exact) mass is 323 g/mol. The fourth-order valence-electron chi connectivity index (χ4n) is 2.39. The van der Waals surface area contributed by atoms with E-state index in [1.165, 1.54) is 6.92 Å². The van der Waals surface area contributed by atoms with Crippen LogP contribution in [0.1, 0.15) is 27.6 Å². The number of hydrogen-bond donors (Lipinski definition) is 2. The van der Waals surface area contributed by atoms with E-state index in [9.17, 15) is 19.5 Å². The zero-order valence-corrected chi connectivity index (χ0v) is 12.7. The Bertz CT molecular complexity index is 1020. The summed E-state index contributed by atoms with van der Waals surface area (Å²) in [5.41, 5.74) is 0.822. The van der Waals surface area contributed by atoms with Crippen LogP contribution in [-0.4, -0.2) is 16.8 Å². The molecule has 2 N–H and O–H groups in total. The summed E-state index contributed by atoms with van der Waals surface area (Å²) in [6.07, 6.45) is 0. The Morgan fingerprint density at radius 2 is 1.83 bits per heavy atom. The van der Waals surface area contributed by atoms with Gasteiger partial charge in [0.2, 0.25) is 0 Å². The van der Waals surface area contributed by atoms with Gasteiger partial charge in [-0.05, 0) is 37.3 Å². The van der Waals surface area contributed by atoms with Crippen LogP contribution in [0.4, 0.5) is 5.69 Å². The summed E-state index contributed by atoms with van der Waals surface area (Å²) < 4.78 is 4.90. The van der Waals surface area contributed by atoms with Crippen molar-refractivity contribution in [1.29, 1.82) is 0 Å². The molecular weight excluding hydrogens is 310 g/mol. The van der Waals surface area contributed by atoms with Crippen LogP contribution in [0.3, 0.4) is 0 Å². The molecule has 0 saturated carbocycles. The van der Waals surface area contributed by atoms with Crippen LogP contribution in [-0.2, 0) is 0 Å². The molecule has 1 aliphatic rings. The van der Waals surface area contributed by atoms with Crippen molar-refractivity contribution >= 4 is 28.3 Å². The zero-order valence-electron chi connectivity index (χ0n) is 12.7. The van der Waals surface area contributed by atoms with Gasteiger partial charge in [0.15, 0.2) is 5.78 Å². The average molecular weight is 323 g/mol. The topological polar surface area (TPSA) is 96.6 Å². The Labute approximate surface area is 136 Å². The molecule has 0 spiro atoms. The van der Waals surface area contributed by atoms with Crippen LogP contribution in [0.25, 0.3) is 11.0 Å². The molecule has 0 radical (unpaired) electrons. The minimum atomic E-state index is -0.807. The van der Waals surface area contributed by atoms with Crippen molar-refractivity contribution in [3.63, 3.8) is 0 Å². The van der Waals surface area contributed by atoms with Gasteiger partial charge in [-0.25, -0.2) is 4.79 Å². The molecule has 2 heterocycles. The Morgan fingerprint density at radius 1 is 1.08 bits per heavy atom. The van der Waals surface area contributed by atoms with E-state index >= 15 is 0 Å². The number of rotatable bonds is 1. The normalized spacial score (nSPS) is 11.6. The minimum Gasteiger partial charge on any atom is -0.506 e. The Balaban J connectivity index is 0.000000159. The van der Waals surface area contributed by atoms with E-state index in [2.05, 4.69) is 5.32 Å². The van der Waals surface area contributed by atoms with Crippen molar-refractivity contribution in [2.45, 2.75) is 6.92 Å². The molecule has 3 aromatic rings. The largest absolute Gasteiger partial charge is 0.506 e. The predicted molar refractivity (Wildman–Crippen MR) is 88.5 cm³/mol. The van der Waals surface area contributed by atoms with Crippen molar-refractivity contribution < 1.29 is 19.1 Å². The van der Waals surface area contributed by atoms with E-state index in [4.69, 9.17) is 4.42 Å². The third-order valence-electron chi connectivity index (χ3n) is 3.52. The quantitative estimate of drug-likeness (QED) is 0.530. The Morgan fingerprint density at radius 3 is 2.50 bits per heavy atom. The summed E-state index contributed by atoms with van der Waals surface area (Å²) in [6.45, 7) is 1.21. The lowest BCUT2D eigenvalue weighted by molar-refractivity contribution is 0.100. The van der Waals surface area contributed by atoms with Crippen molar-refractivity contribution in [2.24, 2.45) is 0 Å². The first-order valence-corrected chi connectivity index (χ1v) is 7.14. The van der Waals surface area contributed by atoms with E-state index in [1.54, 1.807) is 30.3 Å². The van der Waals surface area contributed by atoms with Crippen LogP contribution < -0.4 is 10.9 Å². The number of fused-ring (bicyclic) bond motifs is 3. The molecule has 1 aliphatic heterocycles. The van der Waals surface area contributed by atoms with E-state index in [0.717, 1.165) is 11.3 Å². The number of Topliss-reactive ketones (excluding diaryl/α,β-unsaturated/α-hetero) is 1. The standard InChI is InChI=1S/C11H8O4.C7H5NO/c1-6(12)9-10(13)7-4-2-3-5-8(7)15-11(9)14;9-7-5-2-1-3-6(4-5)8-7/h2-5,13H,1H3;1-4H,(H,8,9). The lowest BCUT2D eigenvalue weighted by Gasteiger charge is -2.02. The number of anilines is 1. The highest BCUT2D eigenvalue weighted by Crippen LogP contribution is 2.25. The fourth-order valence-corrected chi connectivity index (χ4v) is 2.39. The predicted octanol–water partition coefficient (Wildman–Crippen LogP) is 2.95. The first-order chi connectivity index (χ1) is 11.5. The SMILES string of the molecule is CC(=O)c1c(O)c2ccccc2oc1=O.O=C1Nc2cccc1c2. The Kier molecular flexibility index (Phi) is 3.87. The molecule has 0 saturated heterocycles. The summed E-state index contributed by atoms with van der Waals surface area (Å²) in [7, 11) is 0. The molecule has 120 valence electrons. The molecule has 24 heavy (non-hydrogen) atoms. The van der Waals surface area contributed by atoms with Crippen LogP contribution in [0.2, 0.25) is 0 Å². The second-order valence-corrected chi connectivity index (χ2v) is 5.20. The number of carbonyl (C=O) groups is 2. The summed E-state index contributed by atoms with van der Waals surface area (Å²) in [5.74, 6) is -0.809. The second kappa shape index (κ2) is 6.00. The van der Waals surface area contributed by atoms with Crippen LogP contribution in [0.15, 0.2) is 57.7 Å². The van der Waals surface area contributed by atoms with Gasteiger partial charge in [0.1, 0.15) is 16.9 Å². The highest BCUT2D eigenvalue weighted by molar-refractivity contribution is 6.09. The highest BCUT2D eigenvalue weighted by Gasteiger charge is 2.16. The lowest BCUT2D eigenvalue weighted by atomic mass is 10.1. The van der Waals surface area contributed by atoms with Gasteiger partial charge in [0.05, 0.1) is 5.39 Å². The number of aromatic hydroxyl groups is 1. The second-order valence-electron chi connectivity index (χ2n) is 5.20. The molecule has 1 amide bonds. The van der Waals surface area contributed by atoms with Crippen LogP contribution in [0.5, 0.6) is 5.75 Å². The van der Waals surface area contributed by atoms with Crippen molar-refractivity contribution in [3.8, 4) is 5.75 Å². The van der Waals surface area contributed by atoms with Gasteiger partial charge in [-0.3, -0.25) is 9.59 Å². The first kappa shape index (κ1) is 15.5. The molecule has 0 fully saturated rings. The first-order valence-electron chi connectivity index (χ1n) is 7.14. The number of amides is 1. The van der Waals surface area contributed by atoms with Gasteiger partial charge in [-0.2, -0.15) is 0 Å². The van der Waals surface area contributed by atoms with E-state index in [0.29, 0.717) is 5.39 Å². The number of benzene rings is 2. The molecule has 6 heteroatoms. The van der Waals surface area contributed by atoms with E-state index in [-0.39, 0.29) is 22.8 Å². The summed E-state index contributed by atoms with van der Waals surface area (Å²) in [5, 5.41) is 12.8. The van der Waals surface area contributed by atoms with Crippen molar-refractivity contribution in [1.82, 2.24) is 0 Å². The van der Waals surface area contributed by atoms with Gasteiger partial charge < -0.3 is 14.8 Å². The molecule has 0 aliphatic carbocycles. The Hall–Kier alpha value is -3.41. The minimum absolute atomic E-state index is 0.00926. The molecule has 0 unspecified atom stereocenters. The van der Waals surface area contributed by atoms with Crippen molar-refractivity contribution in [2.75, 3.05) is 5.32 Å². The van der Waals surface area contributed by atoms with Gasteiger partial charge >= 0.3 is 5.63 Å². The third-order valence-corrected chi connectivity index (χ3v) is 3.52. The maximum atomic E-state index is 11.3. The molecule has 2 aromatic carbocycles. The van der Waals surface area contributed by atoms with Crippen LogP contribution in [0, 0.1) is 0 Å². The smallest absolute Gasteiger partial charge is 0.351 e.